The lowest BCUT2D eigenvalue weighted by molar-refractivity contribution is -0.160. The van der Waals surface area contributed by atoms with Crippen LogP contribution in [0.5, 0.6) is 0 Å². The summed E-state index contributed by atoms with van der Waals surface area (Å²) in [6.07, 6.45) is -0.980. The van der Waals surface area contributed by atoms with Crippen LogP contribution in [0, 0.1) is 11.7 Å². The molecule has 0 radical (unpaired) electrons. The van der Waals surface area contributed by atoms with E-state index in [2.05, 4.69) is 10.2 Å². The molecule has 2 aliphatic carbocycles. The summed E-state index contributed by atoms with van der Waals surface area (Å²) in [5.41, 5.74) is -1.67. The van der Waals surface area contributed by atoms with E-state index in [4.69, 9.17) is 11.6 Å². The zero-order chi connectivity index (χ0) is 34.7. The maximum absolute atomic E-state index is 15.4. The van der Waals surface area contributed by atoms with Gasteiger partial charge in [0.1, 0.15) is 5.82 Å². The Morgan fingerprint density at radius 1 is 1.17 bits per heavy atom. The molecule has 2 heterocycles. The maximum atomic E-state index is 15.4. The Labute approximate surface area is 278 Å². The van der Waals surface area contributed by atoms with Crippen LogP contribution in [-0.4, -0.2) is 60.6 Å². The number of hydrogen-bond donors (Lipinski definition) is 1. The van der Waals surface area contributed by atoms with Crippen molar-refractivity contribution in [3.63, 3.8) is 0 Å². The van der Waals surface area contributed by atoms with Gasteiger partial charge in [-0.25, -0.2) is 9.18 Å². The van der Waals surface area contributed by atoms with Gasteiger partial charge in [-0.15, -0.1) is 0 Å². The number of aromatic carboxylic acids is 1. The van der Waals surface area contributed by atoms with Gasteiger partial charge < -0.3 is 10.0 Å². The Bertz CT molecular complexity index is 1950. The molecule has 2 aromatic carbocycles. The average molecular weight is 686 g/mol. The number of aromatic nitrogens is 4. The highest BCUT2D eigenvalue weighted by Gasteiger charge is 2.65. The first-order chi connectivity index (χ1) is 22.6. The van der Waals surface area contributed by atoms with Gasteiger partial charge in [0.2, 0.25) is 5.91 Å². The second-order valence-corrected chi connectivity index (χ2v) is 13.2. The molecule has 0 unspecified atom stereocenters. The van der Waals surface area contributed by atoms with Gasteiger partial charge in [-0.05, 0) is 69.4 Å². The third-order valence-corrected chi connectivity index (χ3v) is 9.62. The lowest BCUT2D eigenvalue weighted by Gasteiger charge is -2.27. The smallest absolute Gasteiger partial charge is 0.398 e. The van der Waals surface area contributed by atoms with Crippen LogP contribution in [0.25, 0.3) is 11.3 Å². The van der Waals surface area contributed by atoms with E-state index in [1.165, 1.54) is 30.3 Å². The fraction of sp³-hybridized carbons (Fsp3) is 0.382. The summed E-state index contributed by atoms with van der Waals surface area (Å²) in [6, 6.07) is 7.34. The van der Waals surface area contributed by atoms with Gasteiger partial charge in [0, 0.05) is 54.9 Å². The molecule has 1 N–H and O–H groups in total. The topological polar surface area (TPSA) is 110 Å². The number of carbonyl (C=O) groups excluding carboxylic acids is 2. The minimum Gasteiger partial charge on any atom is -0.478 e. The Morgan fingerprint density at radius 2 is 1.90 bits per heavy atom. The lowest BCUT2D eigenvalue weighted by atomic mass is 9.84. The van der Waals surface area contributed by atoms with E-state index < -0.39 is 35.2 Å². The van der Waals surface area contributed by atoms with Crippen molar-refractivity contribution in [3.05, 3.63) is 93.1 Å². The molecule has 1 atom stereocenters. The van der Waals surface area contributed by atoms with Gasteiger partial charge in [0.05, 0.1) is 39.1 Å². The average Bonchev–Trinajstić information content (AvgIpc) is 3.59. The first-order valence-corrected chi connectivity index (χ1v) is 15.8. The second kappa shape index (κ2) is 12.2. The molecule has 0 saturated heterocycles. The van der Waals surface area contributed by atoms with Crippen molar-refractivity contribution >= 4 is 29.4 Å². The van der Waals surface area contributed by atoms with Gasteiger partial charge in [-0.1, -0.05) is 23.7 Å². The summed E-state index contributed by atoms with van der Waals surface area (Å²) < 4.78 is 61.0. The number of benzene rings is 2. The van der Waals surface area contributed by atoms with E-state index in [0.29, 0.717) is 12.0 Å². The second-order valence-electron chi connectivity index (χ2n) is 12.8. The van der Waals surface area contributed by atoms with Crippen molar-refractivity contribution in [2.75, 3.05) is 7.05 Å². The number of nitrogens with zero attached hydrogens (tertiary/aromatic N) is 5. The third kappa shape index (κ3) is 5.78. The SMILES string of the molecule is CC(C)n1cc(CN(C)C(=O)[C@H]2CCc3c(-c4ccc(C(=O)O)cc4F)nn(C(=O)c4c(Cl)cccc4C4(C(F)(F)F)CC4)c3C2)cn1. The molecule has 4 aromatic rings. The molecule has 1 fully saturated rings. The summed E-state index contributed by atoms with van der Waals surface area (Å²) in [7, 11) is 1.65. The van der Waals surface area contributed by atoms with Crippen LogP contribution in [0.3, 0.4) is 0 Å². The van der Waals surface area contributed by atoms with Crippen LogP contribution in [-0.2, 0) is 29.6 Å². The van der Waals surface area contributed by atoms with E-state index in [1.807, 2.05) is 20.0 Å². The standard InChI is InChI=1S/C34H32ClF4N5O4/c1-18(2)43-17-19(15-40-43)16-42(3)30(45)20-7-10-23-27(14-20)44(41-29(23)22-9-8-21(32(47)48)13-26(22)36)31(46)28-24(5-4-6-25(28)35)33(11-12-33)34(37,38)39/h4-6,8-9,13,15,17-18,20H,7,10-12,14,16H2,1-3H3,(H,47,48)/t20-/m0/s1. The maximum Gasteiger partial charge on any atom is 0.398 e. The van der Waals surface area contributed by atoms with Crippen molar-refractivity contribution < 1.29 is 37.1 Å². The van der Waals surface area contributed by atoms with Crippen molar-refractivity contribution in [2.45, 2.75) is 70.1 Å². The highest BCUT2D eigenvalue weighted by molar-refractivity contribution is 6.34. The summed E-state index contributed by atoms with van der Waals surface area (Å²) in [5.74, 6) is -4.01. The van der Waals surface area contributed by atoms with Crippen molar-refractivity contribution in [2.24, 2.45) is 5.92 Å². The van der Waals surface area contributed by atoms with Gasteiger partial charge in [0.15, 0.2) is 0 Å². The molecule has 252 valence electrons. The molecule has 0 bridgehead atoms. The number of alkyl halides is 3. The minimum atomic E-state index is -4.63. The molecule has 0 spiro atoms. The van der Waals surface area contributed by atoms with Crippen LogP contribution in [0.1, 0.15) is 82.3 Å². The van der Waals surface area contributed by atoms with Crippen molar-refractivity contribution in [1.29, 1.82) is 0 Å². The minimum absolute atomic E-state index is 0.00152. The number of rotatable bonds is 8. The molecule has 0 aliphatic heterocycles. The number of carboxylic acids is 1. The predicted octanol–water partition coefficient (Wildman–Crippen LogP) is 6.86. The lowest BCUT2D eigenvalue weighted by Crippen LogP contribution is -2.36. The molecule has 2 aromatic heterocycles. The van der Waals surface area contributed by atoms with Crippen LogP contribution >= 0.6 is 11.6 Å². The number of halogens is 5. The molecular weight excluding hydrogens is 654 g/mol. The molecule has 9 nitrogen and oxygen atoms in total. The van der Waals surface area contributed by atoms with Gasteiger partial charge in [-0.2, -0.15) is 28.1 Å². The van der Waals surface area contributed by atoms with E-state index in [1.54, 1.807) is 22.8 Å². The molecule has 14 heteroatoms. The van der Waals surface area contributed by atoms with E-state index >= 15 is 4.39 Å². The predicted molar refractivity (Wildman–Crippen MR) is 167 cm³/mol. The quantitative estimate of drug-likeness (QED) is 0.203. The summed E-state index contributed by atoms with van der Waals surface area (Å²) in [4.78, 5) is 41.0. The van der Waals surface area contributed by atoms with Crippen LogP contribution < -0.4 is 0 Å². The van der Waals surface area contributed by atoms with Crippen LogP contribution in [0.4, 0.5) is 17.6 Å². The Kier molecular flexibility index (Phi) is 8.47. The molecule has 2 aliphatic rings. The van der Waals surface area contributed by atoms with Gasteiger partial charge in [-0.3, -0.25) is 14.3 Å². The summed E-state index contributed by atoms with van der Waals surface area (Å²) in [6.45, 7) is 4.24. The van der Waals surface area contributed by atoms with E-state index in [0.717, 1.165) is 16.3 Å². The van der Waals surface area contributed by atoms with E-state index in [-0.39, 0.29) is 82.8 Å². The van der Waals surface area contributed by atoms with Gasteiger partial charge in [0.25, 0.3) is 5.91 Å². The fourth-order valence-corrected chi connectivity index (χ4v) is 6.78. The number of fused-ring (bicyclic) bond motifs is 1. The van der Waals surface area contributed by atoms with Crippen molar-refractivity contribution in [3.8, 4) is 11.3 Å². The van der Waals surface area contributed by atoms with Crippen molar-refractivity contribution in [1.82, 2.24) is 24.5 Å². The molecule has 1 amide bonds. The number of carbonyl (C=O) groups is 3. The molecular formula is C34H32ClF4N5O4. The normalized spacial score (nSPS) is 16.9. The summed E-state index contributed by atoms with van der Waals surface area (Å²) >= 11 is 6.44. The molecule has 6 rings (SSSR count). The number of hydrogen-bond acceptors (Lipinski definition) is 5. The number of amides is 1. The zero-order valence-electron chi connectivity index (χ0n) is 26.3. The third-order valence-electron chi connectivity index (χ3n) is 9.30. The first kappa shape index (κ1) is 33.4. The van der Waals surface area contributed by atoms with Crippen LogP contribution in [0.15, 0.2) is 48.8 Å². The molecule has 48 heavy (non-hydrogen) atoms. The highest BCUT2D eigenvalue weighted by atomic mass is 35.5. The Morgan fingerprint density at radius 3 is 2.50 bits per heavy atom. The fourth-order valence-electron chi connectivity index (χ4n) is 6.53. The Balaban J connectivity index is 1.41. The summed E-state index contributed by atoms with van der Waals surface area (Å²) in [5, 5.41) is 17.9. The monoisotopic (exact) mass is 685 g/mol. The number of carboxylic acid groups (broad SMARTS) is 1. The Hall–Kier alpha value is -4.52. The molecule has 1 saturated carbocycles. The first-order valence-electron chi connectivity index (χ1n) is 15.5. The highest BCUT2D eigenvalue weighted by Crippen LogP contribution is 2.60. The van der Waals surface area contributed by atoms with Gasteiger partial charge >= 0.3 is 12.1 Å². The van der Waals surface area contributed by atoms with Crippen LogP contribution in [0.2, 0.25) is 5.02 Å². The zero-order valence-corrected chi connectivity index (χ0v) is 27.1. The van der Waals surface area contributed by atoms with E-state index in [9.17, 15) is 32.7 Å². The largest absolute Gasteiger partial charge is 0.478 e.